The first-order chi connectivity index (χ1) is 29.2. The Balaban J connectivity index is 1.13. The maximum atomic E-state index is 6.80. The highest BCUT2D eigenvalue weighted by atomic mass is 16.3. The van der Waals surface area contributed by atoms with Crippen molar-refractivity contribution in [2.45, 2.75) is 0 Å². The number of fused-ring (bicyclic) bond motifs is 11. The molecule has 0 aliphatic rings. The van der Waals surface area contributed by atoms with Crippen molar-refractivity contribution in [3.05, 3.63) is 182 Å². The van der Waals surface area contributed by atoms with Crippen LogP contribution in [0.4, 0.5) is 0 Å². The second kappa shape index (κ2) is 12.2. The normalized spacial score (nSPS) is 12.1. The molecule has 59 heavy (non-hydrogen) atoms. The summed E-state index contributed by atoms with van der Waals surface area (Å²) in [5.74, 6) is 1.65. The van der Waals surface area contributed by atoms with Gasteiger partial charge in [-0.05, 0) is 76.1 Å². The summed E-state index contributed by atoms with van der Waals surface area (Å²) in [5, 5.41) is 11.0. The monoisotopic (exact) mass is 754 g/mol. The van der Waals surface area contributed by atoms with Crippen molar-refractivity contribution in [2.75, 3.05) is 0 Å². The van der Waals surface area contributed by atoms with Gasteiger partial charge in [0.15, 0.2) is 23.1 Å². The fourth-order valence-corrected chi connectivity index (χ4v) is 9.03. The smallest absolute Gasteiger partial charge is 0.167 e. The van der Waals surface area contributed by atoms with E-state index in [2.05, 4.69) is 144 Å². The van der Waals surface area contributed by atoms with E-state index in [1.54, 1.807) is 0 Å². The van der Waals surface area contributed by atoms with E-state index in [4.69, 9.17) is 23.8 Å². The van der Waals surface area contributed by atoms with E-state index in [0.717, 1.165) is 88.1 Å². The molecule has 13 rings (SSSR count). The first kappa shape index (κ1) is 32.0. The number of hydrogen-bond acceptors (Lipinski definition) is 5. The van der Waals surface area contributed by atoms with Crippen molar-refractivity contribution in [1.29, 1.82) is 0 Å². The Morgan fingerprint density at radius 1 is 0.339 bits per heavy atom. The second-order valence-electron chi connectivity index (χ2n) is 15.2. The minimum absolute atomic E-state index is 0.532. The van der Waals surface area contributed by atoms with E-state index in [1.807, 2.05) is 42.5 Å². The van der Waals surface area contributed by atoms with Crippen molar-refractivity contribution in [1.82, 2.24) is 19.5 Å². The molecule has 6 heteroatoms. The molecule has 0 atom stereocenters. The summed E-state index contributed by atoms with van der Waals surface area (Å²) in [6.07, 6.45) is 0. The molecule has 13 aromatic rings. The Hall–Kier alpha value is -8.09. The lowest BCUT2D eigenvalue weighted by Gasteiger charge is -2.13. The van der Waals surface area contributed by atoms with E-state index in [9.17, 15) is 0 Å². The van der Waals surface area contributed by atoms with Gasteiger partial charge in [0.25, 0.3) is 0 Å². The fraction of sp³-hybridized carbons (Fsp3) is 0. The molecule has 0 saturated heterocycles. The Labute approximate surface area is 336 Å². The van der Waals surface area contributed by atoms with E-state index in [1.165, 1.54) is 21.5 Å². The van der Waals surface area contributed by atoms with Crippen molar-refractivity contribution in [3.8, 4) is 39.9 Å². The predicted octanol–water partition coefficient (Wildman–Crippen LogP) is 14.1. The maximum Gasteiger partial charge on any atom is 0.167 e. The Morgan fingerprint density at radius 2 is 0.932 bits per heavy atom. The zero-order valence-electron chi connectivity index (χ0n) is 31.4. The molecule has 6 nitrogen and oxygen atoms in total. The Morgan fingerprint density at radius 3 is 1.73 bits per heavy atom. The third-order valence-electron chi connectivity index (χ3n) is 11.8. The van der Waals surface area contributed by atoms with Crippen LogP contribution >= 0.6 is 0 Å². The Kier molecular flexibility index (Phi) is 6.63. The number of benzene rings is 9. The topological polar surface area (TPSA) is 69.9 Å². The molecule has 0 unspecified atom stereocenters. The molecule has 0 fully saturated rings. The van der Waals surface area contributed by atoms with E-state index in [0.29, 0.717) is 17.5 Å². The van der Waals surface area contributed by atoms with Gasteiger partial charge in [-0.25, -0.2) is 15.0 Å². The molecule has 0 N–H and O–H groups in total. The minimum atomic E-state index is 0.532. The van der Waals surface area contributed by atoms with Gasteiger partial charge in [0.1, 0.15) is 16.7 Å². The summed E-state index contributed by atoms with van der Waals surface area (Å²) in [5.41, 5.74) is 8.79. The molecule has 4 heterocycles. The first-order valence-corrected chi connectivity index (χ1v) is 19.8. The molecule has 0 saturated carbocycles. The van der Waals surface area contributed by atoms with Crippen LogP contribution in [0.5, 0.6) is 0 Å². The molecular formula is C53H30N4O2. The fourth-order valence-electron chi connectivity index (χ4n) is 9.03. The van der Waals surface area contributed by atoms with Gasteiger partial charge in [-0.1, -0.05) is 127 Å². The van der Waals surface area contributed by atoms with Crippen LogP contribution in [0.15, 0.2) is 191 Å². The van der Waals surface area contributed by atoms with Crippen LogP contribution < -0.4 is 0 Å². The third kappa shape index (κ3) is 4.84. The number of aromatic nitrogens is 4. The highest BCUT2D eigenvalue weighted by Gasteiger charge is 2.23. The molecule has 274 valence electrons. The van der Waals surface area contributed by atoms with Crippen LogP contribution in [0.2, 0.25) is 0 Å². The average Bonchev–Trinajstić information content (AvgIpc) is 3.97. The molecule has 0 amide bonds. The number of nitrogens with zero attached hydrogens (tertiary/aromatic N) is 4. The largest absolute Gasteiger partial charge is 0.455 e. The highest BCUT2D eigenvalue weighted by molar-refractivity contribution is 6.16. The molecular weight excluding hydrogens is 725 g/mol. The average molecular weight is 755 g/mol. The van der Waals surface area contributed by atoms with Crippen molar-refractivity contribution in [3.63, 3.8) is 0 Å². The summed E-state index contributed by atoms with van der Waals surface area (Å²) in [6.45, 7) is 0. The molecule has 0 aliphatic carbocycles. The van der Waals surface area contributed by atoms with Gasteiger partial charge in [-0.3, -0.25) is 0 Å². The number of hydrogen-bond donors (Lipinski definition) is 0. The molecule has 0 radical (unpaired) electrons. The second-order valence-corrected chi connectivity index (χ2v) is 15.2. The molecule has 0 bridgehead atoms. The summed E-state index contributed by atoms with van der Waals surface area (Å²) >= 11 is 0. The summed E-state index contributed by atoms with van der Waals surface area (Å²) < 4.78 is 15.7. The number of rotatable bonds is 4. The zero-order chi connectivity index (χ0) is 38.6. The first-order valence-electron chi connectivity index (χ1n) is 19.8. The summed E-state index contributed by atoms with van der Waals surface area (Å²) in [7, 11) is 0. The quantitative estimate of drug-likeness (QED) is 0.179. The van der Waals surface area contributed by atoms with Gasteiger partial charge in [-0.15, -0.1) is 0 Å². The van der Waals surface area contributed by atoms with Gasteiger partial charge in [0.2, 0.25) is 0 Å². The van der Waals surface area contributed by atoms with Gasteiger partial charge < -0.3 is 13.4 Å². The standard InChI is InChI=1S/C53H30N4O2/c1-2-13-32-26-35(25-24-31(32)12-1)51-54-52(56-53(55-51)41-20-11-19-40-38-17-6-9-22-47(38)58-49(40)41)36-28-43-39-18-7-10-23-48(39)59-50(43)46(30-36)57-44-21-8-5-16-37(44)42-27-33-14-3-4-15-34(33)29-45(42)57/h1-30H. The summed E-state index contributed by atoms with van der Waals surface area (Å²) in [4.78, 5) is 15.8. The van der Waals surface area contributed by atoms with Crippen molar-refractivity contribution < 1.29 is 8.83 Å². The molecule has 4 aromatic heterocycles. The van der Waals surface area contributed by atoms with Crippen LogP contribution in [0, 0.1) is 0 Å². The van der Waals surface area contributed by atoms with Crippen molar-refractivity contribution in [2.24, 2.45) is 0 Å². The molecule has 9 aromatic carbocycles. The van der Waals surface area contributed by atoms with Crippen LogP contribution in [0.1, 0.15) is 0 Å². The van der Waals surface area contributed by atoms with Crippen LogP contribution in [0.3, 0.4) is 0 Å². The molecule has 0 aliphatic heterocycles. The van der Waals surface area contributed by atoms with Crippen LogP contribution in [-0.2, 0) is 0 Å². The lowest BCUT2D eigenvalue weighted by atomic mass is 10.0. The Bertz CT molecular complexity index is 3870. The maximum absolute atomic E-state index is 6.80. The zero-order valence-corrected chi connectivity index (χ0v) is 31.4. The minimum Gasteiger partial charge on any atom is -0.455 e. The SMILES string of the molecule is c1ccc2cc(-c3nc(-c4cc(-n5c6ccccc6c6cc7ccccc7cc65)c5oc6ccccc6c5c4)nc(-c4cccc5c4oc4ccccc45)n3)ccc2c1. The highest BCUT2D eigenvalue weighted by Crippen LogP contribution is 2.42. The van der Waals surface area contributed by atoms with Crippen LogP contribution in [-0.4, -0.2) is 19.5 Å². The van der Waals surface area contributed by atoms with Gasteiger partial charge in [0, 0.05) is 43.4 Å². The third-order valence-corrected chi connectivity index (χ3v) is 11.8. The van der Waals surface area contributed by atoms with Gasteiger partial charge in [0.05, 0.1) is 22.3 Å². The van der Waals surface area contributed by atoms with Crippen LogP contribution in [0.25, 0.3) is 127 Å². The lowest BCUT2D eigenvalue weighted by molar-refractivity contribution is 0.666. The van der Waals surface area contributed by atoms with Crippen molar-refractivity contribution >= 4 is 87.2 Å². The van der Waals surface area contributed by atoms with E-state index in [-0.39, 0.29) is 0 Å². The number of para-hydroxylation sites is 4. The lowest BCUT2D eigenvalue weighted by Crippen LogP contribution is -2.02. The molecule has 0 spiro atoms. The van der Waals surface area contributed by atoms with Gasteiger partial charge >= 0.3 is 0 Å². The van der Waals surface area contributed by atoms with E-state index < -0.39 is 0 Å². The van der Waals surface area contributed by atoms with Gasteiger partial charge in [-0.2, -0.15) is 0 Å². The summed E-state index contributed by atoms with van der Waals surface area (Å²) in [6, 6.07) is 63.3. The predicted molar refractivity (Wildman–Crippen MR) is 240 cm³/mol. The van der Waals surface area contributed by atoms with E-state index >= 15 is 0 Å². The number of furan rings is 2.